The van der Waals surface area contributed by atoms with Crippen LogP contribution in [-0.2, 0) is 11.2 Å². The van der Waals surface area contributed by atoms with Crippen molar-refractivity contribution in [3.05, 3.63) is 53.5 Å². The number of nitrogens with one attached hydrogen (secondary N) is 1. The van der Waals surface area contributed by atoms with Gasteiger partial charge in [0.05, 0.1) is 19.3 Å². The normalized spacial score (nSPS) is 11.7. The summed E-state index contributed by atoms with van der Waals surface area (Å²) in [6.07, 6.45) is 1.69. The largest absolute Gasteiger partial charge is 0.496 e. The topological polar surface area (TPSA) is 88.8 Å². The fourth-order valence-corrected chi connectivity index (χ4v) is 2.29. The zero-order valence-electron chi connectivity index (χ0n) is 13.0. The molecule has 0 saturated carbocycles. The molecule has 0 radical (unpaired) electrons. The first-order chi connectivity index (χ1) is 11.0. The van der Waals surface area contributed by atoms with E-state index in [1.165, 1.54) is 13.4 Å². The lowest BCUT2D eigenvalue weighted by Gasteiger charge is -2.15. The molecule has 6 nitrogen and oxygen atoms in total. The Morgan fingerprint density at radius 2 is 2.04 bits per heavy atom. The van der Waals surface area contributed by atoms with Crippen LogP contribution in [0.4, 0.5) is 0 Å². The number of carbonyl (C=O) groups is 2. The molecule has 0 aliphatic carbocycles. The van der Waals surface area contributed by atoms with Crippen molar-refractivity contribution >= 4 is 11.9 Å². The number of hydrogen-bond donors (Lipinski definition) is 2. The average Bonchev–Trinajstić information content (AvgIpc) is 2.97. The number of aryl methyl sites for hydroxylation is 1. The van der Waals surface area contributed by atoms with Crippen molar-refractivity contribution in [2.75, 3.05) is 13.7 Å². The molecule has 1 atom stereocenters. The van der Waals surface area contributed by atoms with Crippen LogP contribution in [0, 0.1) is 12.8 Å². The van der Waals surface area contributed by atoms with Crippen molar-refractivity contribution in [1.29, 1.82) is 0 Å². The molecule has 1 heterocycles. The number of rotatable bonds is 7. The van der Waals surface area contributed by atoms with Gasteiger partial charge in [-0.05, 0) is 31.0 Å². The summed E-state index contributed by atoms with van der Waals surface area (Å²) in [6, 6.07) is 8.91. The smallest absolute Gasteiger partial charge is 0.308 e. The summed E-state index contributed by atoms with van der Waals surface area (Å²) in [5.74, 6) is -1.32. The van der Waals surface area contributed by atoms with E-state index in [9.17, 15) is 14.7 Å². The number of aliphatic carboxylic acids is 1. The van der Waals surface area contributed by atoms with Crippen LogP contribution >= 0.6 is 0 Å². The van der Waals surface area contributed by atoms with Crippen molar-refractivity contribution in [2.45, 2.75) is 13.3 Å². The molecule has 1 aromatic carbocycles. The number of benzene rings is 1. The molecule has 1 aromatic heterocycles. The Kier molecular flexibility index (Phi) is 5.41. The Balaban J connectivity index is 2.03. The summed E-state index contributed by atoms with van der Waals surface area (Å²) in [5, 5.41) is 12.0. The second kappa shape index (κ2) is 7.49. The molecule has 2 rings (SSSR count). The zero-order valence-corrected chi connectivity index (χ0v) is 13.0. The van der Waals surface area contributed by atoms with E-state index in [2.05, 4.69) is 5.32 Å². The Morgan fingerprint density at radius 1 is 1.30 bits per heavy atom. The van der Waals surface area contributed by atoms with Gasteiger partial charge in [-0.25, -0.2) is 0 Å². The highest BCUT2D eigenvalue weighted by atomic mass is 16.5. The SMILES string of the molecule is COc1ccccc1CC(CNC(=O)c1occc1C)C(=O)O. The van der Waals surface area contributed by atoms with Gasteiger partial charge in [-0.3, -0.25) is 9.59 Å². The van der Waals surface area contributed by atoms with Crippen molar-refractivity contribution < 1.29 is 23.8 Å². The van der Waals surface area contributed by atoms with Crippen molar-refractivity contribution in [3.63, 3.8) is 0 Å². The van der Waals surface area contributed by atoms with E-state index >= 15 is 0 Å². The molecule has 6 heteroatoms. The molecular weight excluding hydrogens is 298 g/mol. The number of ether oxygens (including phenoxy) is 1. The number of carboxylic acids is 1. The third-order valence-corrected chi connectivity index (χ3v) is 3.59. The number of para-hydroxylation sites is 1. The van der Waals surface area contributed by atoms with E-state index in [1.807, 2.05) is 18.2 Å². The first-order valence-corrected chi connectivity index (χ1v) is 7.20. The maximum atomic E-state index is 12.0. The van der Waals surface area contributed by atoms with E-state index in [0.717, 1.165) is 5.56 Å². The van der Waals surface area contributed by atoms with Crippen molar-refractivity contribution in [3.8, 4) is 5.75 Å². The van der Waals surface area contributed by atoms with E-state index in [4.69, 9.17) is 9.15 Å². The third kappa shape index (κ3) is 4.12. The van der Waals surface area contributed by atoms with E-state index in [-0.39, 0.29) is 18.7 Å². The standard InChI is InChI=1S/C17H19NO5/c1-11-7-8-23-15(11)16(19)18-10-13(17(20)21)9-12-5-3-4-6-14(12)22-2/h3-8,13H,9-10H2,1-2H3,(H,18,19)(H,20,21). The van der Waals surface area contributed by atoms with Crippen LogP contribution in [0.5, 0.6) is 5.75 Å². The quantitative estimate of drug-likeness (QED) is 0.818. The van der Waals surface area contributed by atoms with Gasteiger partial charge in [-0.2, -0.15) is 0 Å². The number of furan rings is 1. The van der Waals surface area contributed by atoms with Crippen molar-refractivity contribution in [2.24, 2.45) is 5.92 Å². The Morgan fingerprint density at radius 3 is 2.65 bits per heavy atom. The molecule has 2 aromatic rings. The van der Waals surface area contributed by atoms with Gasteiger partial charge < -0.3 is 19.6 Å². The van der Waals surface area contributed by atoms with Gasteiger partial charge in [0.1, 0.15) is 5.75 Å². The summed E-state index contributed by atoms with van der Waals surface area (Å²) >= 11 is 0. The van der Waals surface area contributed by atoms with Gasteiger partial charge in [0.2, 0.25) is 0 Å². The fourth-order valence-electron chi connectivity index (χ4n) is 2.29. The third-order valence-electron chi connectivity index (χ3n) is 3.59. The zero-order chi connectivity index (χ0) is 16.8. The molecule has 0 spiro atoms. The minimum Gasteiger partial charge on any atom is -0.496 e. The Labute approximate surface area is 134 Å². The van der Waals surface area contributed by atoms with Gasteiger partial charge in [0, 0.05) is 12.1 Å². The van der Waals surface area contributed by atoms with Crippen LogP contribution < -0.4 is 10.1 Å². The van der Waals surface area contributed by atoms with E-state index in [0.29, 0.717) is 11.3 Å². The molecule has 1 unspecified atom stereocenters. The Bertz CT molecular complexity index is 692. The maximum absolute atomic E-state index is 12.0. The second-order valence-electron chi connectivity index (χ2n) is 5.19. The highest BCUT2D eigenvalue weighted by Gasteiger charge is 2.22. The predicted octanol–water partition coefficient (Wildman–Crippen LogP) is 2.27. The van der Waals surface area contributed by atoms with Crippen LogP contribution in [0.1, 0.15) is 21.7 Å². The minimum absolute atomic E-state index is 0.00630. The molecule has 0 bridgehead atoms. The van der Waals surface area contributed by atoms with E-state index < -0.39 is 17.8 Å². The monoisotopic (exact) mass is 317 g/mol. The summed E-state index contributed by atoms with van der Waals surface area (Å²) in [5.41, 5.74) is 1.49. The summed E-state index contributed by atoms with van der Waals surface area (Å²) in [6.45, 7) is 1.76. The predicted molar refractivity (Wildman–Crippen MR) is 83.6 cm³/mol. The molecule has 0 saturated heterocycles. The average molecular weight is 317 g/mol. The Hall–Kier alpha value is -2.76. The van der Waals surface area contributed by atoms with Crippen LogP contribution in [0.2, 0.25) is 0 Å². The van der Waals surface area contributed by atoms with Gasteiger partial charge in [-0.1, -0.05) is 18.2 Å². The molecule has 0 aliphatic rings. The minimum atomic E-state index is -0.979. The van der Waals surface area contributed by atoms with Gasteiger partial charge in [-0.15, -0.1) is 0 Å². The highest BCUT2D eigenvalue weighted by Crippen LogP contribution is 2.21. The van der Waals surface area contributed by atoms with Crippen LogP contribution in [0.15, 0.2) is 41.0 Å². The summed E-state index contributed by atoms with van der Waals surface area (Å²) in [7, 11) is 1.54. The van der Waals surface area contributed by atoms with E-state index in [1.54, 1.807) is 19.1 Å². The first-order valence-electron chi connectivity index (χ1n) is 7.20. The van der Waals surface area contributed by atoms with Gasteiger partial charge in [0.15, 0.2) is 5.76 Å². The second-order valence-corrected chi connectivity index (χ2v) is 5.19. The maximum Gasteiger partial charge on any atom is 0.308 e. The van der Waals surface area contributed by atoms with Gasteiger partial charge in [0.25, 0.3) is 5.91 Å². The van der Waals surface area contributed by atoms with Crippen LogP contribution in [0.3, 0.4) is 0 Å². The fraction of sp³-hybridized carbons (Fsp3) is 0.294. The molecule has 23 heavy (non-hydrogen) atoms. The van der Waals surface area contributed by atoms with Crippen LogP contribution in [0.25, 0.3) is 0 Å². The highest BCUT2D eigenvalue weighted by molar-refractivity contribution is 5.93. The number of hydrogen-bond acceptors (Lipinski definition) is 4. The lowest BCUT2D eigenvalue weighted by molar-refractivity contribution is -0.141. The number of carboxylic acid groups (broad SMARTS) is 1. The number of methoxy groups -OCH3 is 1. The molecule has 1 amide bonds. The summed E-state index contributed by atoms with van der Waals surface area (Å²) in [4.78, 5) is 23.5. The van der Waals surface area contributed by atoms with Crippen molar-refractivity contribution in [1.82, 2.24) is 5.32 Å². The lowest BCUT2D eigenvalue weighted by Crippen LogP contribution is -2.34. The first kappa shape index (κ1) is 16.6. The number of carbonyl (C=O) groups excluding carboxylic acids is 1. The molecule has 0 fully saturated rings. The molecule has 0 aliphatic heterocycles. The molecule has 2 N–H and O–H groups in total. The number of amides is 1. The van der Waals surface area contributed by atoms with Crippen LogP contribution in [-0.4, -0.2) is 30.6 Å². The molecule has 122 valence electrons. The van der Waals surface area contributed by atoms with Gasteiger partial charge >= 0.3 is 5.97 Å². The lowest BCUT2D eigenvalue weighted by atomic mass is 9.98. The molecular formula is C17H19NO5. The summed E-state index contributed by atoms with van der Waals surface area (Å²) < 4.78 is 10.3.